The predicted molar refractivity (Wildman–Crippen MR) is 98.2 cm³/mol. The molecule has 0 bridgehead atoms. The zero-order chi connectivity index (χ0) is 20.3. The summed E-state index contributed by atoms with van der Waals surface area (Å²) in [7, 11) is 0. The average molecular weight is 406 g/mol. The zero-order valence-electron chi connectivity index (χ0n) is 14.6. The number of carbonyl (C=O) groups is 1. The van der Waals surface area contributed by atoms with E-state index in [4.69, 9.17) is 9.15 Å². The minimum atomic E-state index is -0.792. The molecule has 146 valence electrons. The molecule has 12 heteroatoms. The topological polar surface area (TPSA) is 143 Å². The van der Waals surface area contributed by atoms with Gasteiger partial charge in [0.15, 0.2) is 4.80 Å². The number of fused-ring (bicyclic) bond motifs is 1. The Labute approximate surface area is 160 Å². The fourth-order valence-electron chi connectivity index (χ4n) is 2.46. The number of nitro groups is 2. The summed E-state index contributed by atoms with van der Waals surface area (Å²) in [5, 5.41) is 21.7. The maximum absolute atomic E-state index is 12.4. The third-order valence-electron chi connectivity index (χ3n) is 3.72. The Kier molecular flexibility index (Phi) is 5.61. The van der Waals surface area contributed by atoms with Crippen molar-refractivity contribution >= 4 is 39.0 Å². The molecule has 0 aliphatic heterocycles. The molecule has 1 aromatic carbocycles. The van der Waals surface area contributed by atoms with Gasteiger partial charge in [0, 0.05) is 25.3 Å². The van der Waals surface area contributed by atoms with Gasteiger partial charge in [-0.05, 0) is 19.1 Å². The van der Waals surface area contributed by atoms with Gasteiger partial charge in [0.25, 0.3) is 5.69 Å². The van der Waals surface area contributed by atoms with E-state index in [0.29, 0.717) is 30.0 Å². The highest BCUT2D eigenvalue weighted by Crippen LogP contribution is 2.23. The number of thiazole rings is 1. The second kappa shape index (κ2) is 8.10. The molecule has 28 heavy (non-hydrogen) atoms. The first-order valence-electron chi connectivity index (χ1n) is 8.09. The highest BCUT2D eigenvalue weighted by atomic mass is 32.1. The number of hydrogen-bond acceptors (Lipinski definition) is 8. The lowest BCUT2D eigenvalue weighted by atomic mass is 10.3. The van der Waals surface area contributed by atoms with Crippen LogP contribution in [0.25, 0.3) is 10.2 Å². The molecule has 3 aromatic rings. The van der Waals surface area contributed by atoms with Crippen molar-refractivity contribution in [3.05, 3.63) is 61.1 Å². The number of furan rings is 1. The van der Waals surface area contributed by atoms with Gasteiger partial charge < -0.3 is 13.7 Å². The first kappa shape index (κ1) is 19.4. The Morgan fingerprint density at radius 2 is 2.04 bits per heavy atom. The van der Waals surface area contributed by atoms with Crippen molar-refractivity contribution in [3.8, 4) is 0 Å². The number of carbonyl (C=O) groups excluding carboxylic acids is 1. The van der Waals surface area contributed by atoms with E-state index in [1.807, 2.05) is 6.92 Å². The van der Waals surface area contributed by atoms with Crippen LogP contribution in [0.2, 0.25) is 0 Å². The van der Waals surface area contributed by atoms with Crippen molar-refractivity contribution in [1.29, 1.82) is 0 Å². The highest BCUT2D eigenvalue weighted by molar-refractivity contribution is 7.16. The molecule has 2 heterocycles. The standard InChI is InChI=1S/C16H14N4O7S/c1-2-26-8-7-18-11-4-3-10(19(22)23)9-13(11)28-16(18)17-15(21)12-5-6-14(27-12)20(24)25/h3-6,9H,2,7-8H2,1H3. The Bertz CT molecular complexity index is 1130. The summed E-state index contributed by atoms with van der Waals surface area (Å²) in [4.78, 5) is 37.1. The lowest BCUT2D eigenvalue weighted by molar-refractivity contribution is -0.402. The van der Waals surface area contributed by atoms with Gasteiger partial charge in [0.05, 0.1) is 27.8 Å². The van der Waals surface area contributed by atoms with E-state index in [9.17, 15) is 25.0 Å². The molecule has 0 N–H and O–H groups in total. The lowest BCUT2D eigenvalue weighted by Gasteiger charge is -2.05. The van der Waals surface area contributed by atoms with Crippen molar-refractivity contribution in [3.63, 3.8) is 0 Å². The lowest BCUT2D eigenvalue weighted by Crippen LogP contribution is -2.19. The summed E-state index contributed by atoms with van der Waals surface area (Å²) in [6.45, 7) is 3.08. The number of non-ortho nitro benzene ring substituents is 1. The van der Waals surface area contributed by atoms with Gasteiger partial charge >= 0.3 is 11.8 Å². The minimum absolute atomic E-state index is 0.0785. The molecule has 11 nitrogen and oxygen atoms in total. The predicted octanol–water partition coefficient (Wildman–Crippen LogP) is 2.89. The van der Waals surface area contributed by atoms with E-state index < -0.39 is 21.6 Å². The zero-order valence-corrected chi connectivity index (χ0v) is 15.4. The largest absolute Gasteiger partial charge is 0.433 e. The molecular formula is C16H14N4O7S. The number of amides is 1. The van der Waals surface area contributed by atoms with Gasteiger partial charge in [0.1, 0.15) is 4.92 Å². The summed E-state index contributed by atoms with van der Waals surface area (Å²) >= 11 is 1.09. The number of ether oxygens (including phenoxy) is 1. The normalized spacial score (nSPS) is 11.8. The van der Waals surface area contributed by atoms with Crippen LogP contribution >= 0.6 is 11.3 Å². The molecule has 3 rings (SSSR count). The molecular weight excluding hydrogens is 392 g/mol. The SMILES string of the molecule is CCOCCn1c(=NC(=O)c2ccc([N+](=O)[O-])o2)sc2cc([N+](=O)[O-])ccc21. The van der Waals surface area contributed by atoms with E-state index in [1.165, 1.54) is 18.2 Å². The Hall–Kier alpha value is -3.38. The maximum Gasteiger partial charge on any atom is 0.433 e. The van der Waals surface area contributed by atoms with Crippen LogP contribution in [0.5, 0.6) is 0 Å². The third kappa shape index (κ3) is 3.97. The van der Waals surface area contributed by atoms with E-state index in [-0.39, 0.29) is 16.2 Å². The van der Waals surface area contributed by atoms with Crippen LogP contribution in [-0.4, -0.2) is 33.5 Å². The minimum Gasteiger partial charge on any atom is -0.395 e. The molecule has 0 saturated heterocycles. The molecule has 0 atom stereocenters. The summed E-state index contributed by atoms with van der Waals surface area (Å²) < 4.78 is 12.5. The van der Waals surface area contributed by atoms with Gasteiger partial charge in [-0.2, -0.15) is 4.99 Å². The van der Waals surface area contributed by atoms with Gasteiger partial charge in [-0.25, -0.2) is 0 Å². The van der Waals surface area contributed by atoms with Crippen molar-refractivity contribution in [1.82, 2.24) is 4.57 Å². The van der Waals surface area contributed by atoms with Gasteiger partial charge in [-0.1, -0.05) is 11.3 Å². The number of hydrogen-bond donors (Lipinski definition) is 0. The van der Waals surface area contributed by atoms with Crippen LogP contribution in [0.15, 0.2) is 39.7 Å². The fraction of sp³-hybridized carbons (Fsp3) is 0.250. The third-order valence-corrected chi connectivity index (χ3v) is 4.76. The summed E-state index contributed by atoms with van der Waals surface area (Å²) in [6, 6.07) is 6.59. The first-order valence-corrected chi connectivity index (χ1v) is 8.91. The van der Waals surface area contributed by atoms with Crippen molar-refractivity contribution in [2.24, 2.45) is 4.99 Å². The van der Waals surface area contributed by atoms with Crippen LogP contribution < -0.4 is 4.80 Å². The van der Waals surface area contributed by atoms with E-state index in [2.05, 4.69) is 4.99 Å². The van der Waals surface area contributed by atoms with Crippen LogP contribution in [-0.2, 0) is 11.3 Å². The summed E-state index contributed by atoms with van der Waals surface area (Å²) in [6.07, 6.45) is 0. The number of nitro benzene ring substituents is 1. The number of aromatic nitrogens is 1. The Morgan fingerprint density at radius 3 is 2.68 bits per heavy atom. The van der Waals surface area contributed by atoms with Crippen LogP contribution in [0.3, 0.4) is 0 Å². The Morgan fingerprint density at radius 1 is 1.25 bits per heavy atom. The quantitative estimate of drug-likeness (QED) is 0.333. The molecule has 0 aliphatic carbocycles. The number of rotatable bonds is 7. The molecule has 0 unspecified atom stereocenters. The average Bonchev–Trinajstić information content (AvgIpc) is 3.27. The Balaban J connectivity index is 2.06. The van der Waals surface area contributed by atoms with Crippen LogP contribution in [0.4, 0.5) is 11.6 Å². The molecule has 1 amide bonds. The smallest absolute Gasteiger partial charge is 0.395 e. The highest BCUT2D eigenvalue weighted by Gasteiger charge is 2.18. The van der Waals surface area contributed by atoms with Gasteiger partial charge in [-0.3, -0.25) is 25.0 Å². The first-order chi connectivity index (χ1) is 13.4. The number of benzene rings is 1. The van der Waals surface area contributed by atoms with Crippen molar-refractivity contribution in [2.45, 2.75) is 13.5 Å². The molecule has 0 radical (unpaired) electrons. The molecule has 0 aliphatic rings. The maximum atomic E-state index is 12.4. The van der Waals surface area contributed by atoms with E-state index >= 15 is 0 Å². The molecule has 0 spiro atoms. The number of nitrogens with zero attached hydrogens (tertiary/aromatic N) is 4. The summed E-state index contributed by atoms with van der Waals surface area (Å²) in [5.74, 6) is -1.62. The summed E-state index contributed by atoms with van der Waals surface area (Å²) in [5.41, 5.74) is 0.581. The van der Waals surface area contributed by atoms with Gasteiger partial charge in [-0.15, -0.1) is 0 Å². The second-order valence-corrected chi connectivity index (χ2v) is 6.46. The molecule has 2 aromatic heterocycles. The second-order valence-electron chi connectivity index (χ2n) is 5.45. The van der Waals surface area contributed by atoms with Crippen LogP contribution in [0, 0.1) is 20.2 Å². The van der Waals surface area contributed by atoms with E-state index in [0.717, 1.165) is 17.4 Å². The van der Waals surface area contributed by atoms with Crippen LogP contribution in [0.1, 0.15) is 17.5 Å². The monoisotopic (exact) mass is 406 g/mol. The van der Waals surface area contributed by atoms with Gasteiger partial charge in [0.2, 0.25) is 5.76 Å². The molecule has 0 saturated carbocycles. The van der Waals surface area contributed by atoms with Crippen molar-refractivity contribution < 1.29 is 23.8 Å². The molecule has 0 fully saturated rings. The van der Waals surface area contributed by atoms with Crippen molar-refractivity contribution in [2.75, 3.05) is 13.2 Å². The fourth-order valence-corrected chi connectivity index (χ4v) is 3.55. The van der Waals surface area contributed by atoms with E-state index in [1.54, 1.807) is 10.6 Å².